The summed E-state index contributed by atoms with van der Waals surface area (Å²) in [4.78, 5) is 0.0853. The van der Waals surface area contributed by atoms with E-state index in [-0.39, 0.29) is 22.5 Å². The average Bonchev–Trinajstić information content (AvgIpc) is 2.47. The molecule has 1 aromatic carbocycles. The third-order valence-corrected chi connectivity index (χ3v) is 6.95. The first kappa shape index (κ1) is 17.0. The maximum absolute atomic E-state index is 12.8. The predicted molar refractivity (Wildman–Crippen MR) is 86.2 cm³/mol. The molecule has 0 amide bonds. The van der Waals surface area contributed by atoms with E-state index in [0.29, 0.717) is 10.6 Å². The van der Waals surface area contributed by atoms with Gasteiger partial charge in [0.1, 0.15) is 4.90 Å². The lowest BCUT2D eigenvalue weighted by Crippen LogP contribution is -2.38. The number of sulfonamides is 1. The highest BCUT2D eigenvalue weighted by Gasteiger charge is 2.31. The van der Waals surface area contributed by atoms with Crippen LogP contribution in [0.5, 0.6) is 0 Å². The molecule has 1 aliphatic rings. The van der Waals surface area contributed by atoms with Crippen LogP contribution in [-0.4, -0.2) is 25.8 Å². The lowest BCUT2D eigenvalue weighted by Gasteiger charge is -2.30. The summed E-state index contributed by atoms with van der Waals surface area (Å²) in [5.41, 5.74) is 6.07. The molecule has 0 heterocycles. The Balaban J connectivity index is 2.39. The van der Waals surface area contributed by atoms with E-state index in [0.717, 1.165) is 25.7 Å². The van der Waals surface area contributed by atoms with E-state index in [2.05, 4.69) is 0 Å². The van der Waals surface area contributed by atoms with E-state index in [1.165, 1.54) is 22.9 Å². The third-order valence-electron chi connectivity index (χ3n) is 4.10. The number of nitrogens with two attached hydrogens (primary N) is 1. The van der Waals surface area contributed by atoms with Gasteiger partial charge in [0.25, 0.3) is 0 Å². The molecule has 118 valence electrons. The van der Waals surface area contributed by atoms with Gasteiger partial charge in [-0.05, 0) is 25.0 Å². The van der Waals surface area contributed by atoms with E-state index in [9.17, 15) is 8.42 Å². The fraction of sp³-hybridized carbons (Fsp3) is 0.571. The van der Waals surface area contributed by atoms with Crippen LogP contribution < -0.4 is 5.73 Å². The molecule has 0 aliphatic heterocycles. The molecule has 0 unspecified atom stereocenters. The highest BCUT2D eigenvalue weighted by molar-refractivity contribution is 7.89. The first-order valence-electron chi connectivity index (χ1n) is 7.04. The molecule has 21 heavy (non-hydrogen) atoms. The van der Waals surface area contributed by atoms with Crippen molar-refractivity contribution in [3.05, 3.63) is 27.7 Å². The van der Waals surface area contributed by atoms with Gasteiger partial charge in [-0.25, -0.2) is 8.42 Å². The summed E-state index contributed by atoms with van der Waals surface area (Å²) in [7, 11) is -2.01. The molecular weight excluding hydrogens is 331 g/mol. The molecule has 0 aromatic heterocycles. The minimum absolute atomic E-state index is 0.0387. The summed E-state index contributed by atoms with van der Waals surface area (Å²) >= 11 is 12.2. The highest BCUT2D eigenvalue weighted by Crippen LogP contribution is 2.34. The Bertz CT molecular complexity index is 614. The van der Waals surface area contributed by atoms with E-state index in [4.69, 9.17) is 28.9 Å². The molecule has 2 N–H and O–H groups in total. The number of hydrogen-bond acceptors (Lipinski definition) is 3. The van der Waals surface area contributed by atoms with Crippen LogP contribution in [0, 0.1) is 0 Å². The molecule has 1 saturated carbocycles. The predicted octanol–water partition coefficient (Wildman–Crippen LogP) is 3.41. The molecule has 0 bridgehead atoms. The minimum atomic E-state index is -3.63. The number of halogens is 2. The maximum atomic E-state index is 12.8. The zero-order chi connectivity index (χ0) is 15.6. The van der Waals surface area contributed by atoms with E-state index in [1.54, 1.807) is 7.05 Å². The van der Waals surface area contributed by atoms with Crippen LogP contribution in [0.4, 0.5) is 0 Å². The van der Waals surface area contributed by atoms with Crippen molar-refractivity contribution in [2.24, 2.45) is 5.73 Å². The smallest absolute Gasteiger partial charge is 0.244 e. The van der Waals surface area contributed by atoms with Gasteiger partial charge in [-0.15, -0.1) is 0 Å². The summed E-state index contributed by atoms with van der Waals surface area (Å²) in [5, 5.41) is 0.523. The van der Waals surface area contributed by atoms with Gasteiger partial charge in [-0.1, -0.05) is 42.5 Å². The van der Waals surface area contributed by atoms with Crippen LogP contribution in [0.25, 0.3) is 0 Å². The van der Waals surface area contributed by atoms with Gasteiger partial charge in [-0.2, -0.15) is 4.31 Å². The average molecular weight is 351 g/mol. The Morgan fingerprint density at radius 2 is 1.86 bits per heavy atom. The van der Waals surface area contributed by atoms with Crippen molar-refractivity contribution in [3.63, 3.8) is 0 Å². The Hall–Kier alpha value is -0.330. The lowest BCUT2D eigenvalue weighted by atomic mass is 9.96. The van der Waals surface area contributed by atoms with Crippen LogP contribution >= 0.6 is 23.2 Å². The second kappa shape index (κ2) is 6.84. The molecule has 1 aliphatic carbocycles. The van der Waals surface area contributed by atoms with E-state index in [1.807, 2.05) is 0 Å². The maximum Gasteiger partial charge on any atom is 0.244 e. The van der Waals surface area contributed by atoms with Crippen molar-refractivity contribution in [3.8, 4) is 0 Å². The molecular formula is C14H20Cl2N2O2S. The van der Waals surface area contributed by atoms with Crippen molar-refractivity contribution in [1.29, 1.82) is 0 Å². The lowest BCUT2D eigenvalue weighted by molar-refractivity contribution is 0.286. The summed E-state index contributed by atoms with van der Waals surface area (Å²) in [6.07, 6.45) is 5.08. The highest BCUT2D eigenvalue weighted by atomic mass is 35.5. The van der Waals surface area contributed by atoms with Crippen LogP contribution in [0.1, 0.15) is 37.7 Å². The quantitative estimate of drug-likeness (QED) is 0.904. The summed E-state index contributed by atoms with van der Waals surface area (Å²) < 4.78 is 27.0. The number of benzene rings is 1. The molecule has 0 saturated heterocycles. The number of nitrogens with zero attached hydrogens (tertiary/aromatic N) is 1. The molecule has 4 nitrogen and oxygen atoms in total. The van der Waals surface area contributed by atoms with Crippen molar-refractivity contribution in [2.75, 3.05) is 7.05 Å². The van der Waals surface area contributed by atoms with Gasteiger partial charge in [0.2, 0.25) is 10.0 Å². The molecule has 0 radical (unpaired) electrons. The monoisotopic (exact) mass is 350 g/mol. The Morgan fingerprint density at radius 3 is 2.43 bits per heavy atom. The van der Waals surface area contributed by atoms with Gasteiger partial charge in [0.15, 0.2) is 0 Å². The van der Waals surface area contributed by atoms with Crippen LogP contribution in [0.2, 0.25) is 10.0 Å². The normalized spacial score (nSPS) is 17.4. The topological polar surface area (TPSA) is 63.4 Å². The SMILES string of the molecule is CN(C1CCCCC1)S(=O)(=O)c1ccc(Cl)c(CN)c1Cl. The van der Waals surface area contributed by atoms with Crippen molar-refractivity contribution in [2.45, 2.75) is 49.6 Å². The Labute approximate surface area is 136 Å². The first-order valence-corrected chi connectivity index (χ1v) is 9.24. The molecule has 0 atom stereocenters. The van der Waals surface area contributed by atoms with E-state index < -0.39 is 10.0 Å². The molecule has 2 rings (SSSR count). The number of hydrogen-bond donors (Lipinski definition) is 1. The van der Waals surface area contributed by atoms with Crippen LogP contribution in [-0.2, 0) is 16.6 Å². The fourth-order valence-corrected chi connectivity index (χ4v) is 5.08. The minimum Gasteiger partial charge on any atom is -0.326 e. The summed E-state index contributed by atoms with van der Waals surface area (Å²) in [6.45, 7) is 0.105. The van der Waals surface area contributed by atoms with Crippen LogP contribution in [0.15, 0.2) is 17.0 Å². The zero-order valence-electron chi connectivity index (χ0n) is 12.0. The largest absolute Gasteiger partial charge is 0.326 e. The van der Waals surface area contributed by atoms with Gasteiger partial charge >= 0.3 is 0 Å². The molecule has 7 heteroatoms. The molecule has 1 aromatic rings. The van der Waals surface area contributed by atoms with Crippen LogP contribution in [0.3, 0.4) is 0 Å². The van der Waals surface area contributed by atoms with Crippen molar-refractivity contribution >= 4 is 33.2 Å². The Morgan fingerprint density at radius 1 is 1.24 bits per heavy atom. The summed E-state index contributed by atoms with van der Waals surface area (Å²) in [5.74, 6) is 0. The Kier molecular flexibility index (Phi) is 5.54. The second-order valence-electron chi connectivity index (χ2n) is 5.36. The van der Waals surface area contributed by atoms with Gasteiger partial charge < -0.3 is 5.73 Å². The van der Waals surface area contributed by atoms with Crippen molar-refractivity contribution in [1.82, 2.24) is 4.31 Å². The van der Waals surface area contributed by atoms with Gasteiger partial charge in [-0.3, -0.25) is 0 Å². The molecule has 1 fully saturated rings. The first-order chi connectivity index (χ1) is 9.89. The number of rotatable bonds is 4. The zero-order valence-corrected chi connectivity index (χ0v) is 14.3. The summed E-state index contributed by atoms with van der Waals surface area (Å²) in [6, 6.07) is 3.03. The van der Waals surface area contributed by atoms with Gasteiger partial charge in [0.05, 0.1) is 5.02 Å². The second-order valence-corrected chi connectivity index (χ2v) is 8.11. The van der Waals surface area contributed by atoms with E-state index >= 15 is 0 Å². The van der Waals surface area contributed by atoms with Gasteiger partial charge in [0, 0.05) is 30.2 Å². The standard InChI is InChI=1S/C14H20Cl2N2O2S/c1-18(10-5-3-2-4-6-10)21(19,20)13-8-7-12(15)11(9-17)14(13)16/h7-8,10H,2-6,9,17H2,1H3. The molecule has 0 spiro atoms. The fourth-order valence-electron chi connectivity index (χ4n) is 2.76. The third kappa shape index (κ3) is 3.37. The van der Waals surface area contributed by atoms with Crippen molar-refractivity contribution < 1.29 is 8.42 Å².